The molecule has 0 heterocycles. The second-order valence-corrected chi connectivity index (χ2v) is 4.60. The topological polar surface area (TPSA) is 95.5 Å². The average molecular weight is 292 g/mol. The Morgan fingerprint density at radius 1 is 0.952 bits per heavy atom. The molecule has 6 nitrogen and oxygen atoms in total. The van der Waals surface area contributed by atoms with E-state index >= 15 is 0 Å². The van der Waals surface area contributed by atoms with E-state index in [2.05, 4.69) is 10.6 Å². The summed E-state index contributed by atoms with van der Waals surface area (Å²) in [7, 11) is 0. The molecule has 3 N–H and O–H groups in total. The number of carbonyl (C=O) groups excluding carboxylic acids is 2. The van der Waals surface area contributed by atoms with Crippen molar-refractivity contribution >= 4 is 17.8 Å². The predicted octanol–water partition coefficient (Wildman–Crippen LogP) is 0.716. The summed E-state index contributed by atoms with van der Waals surface area (Å²) in [6, 6.07) is 10.0. The van der Waals surface area contributed by atoms with E-state index in [1.165, 1.54) is 5.56 Å². The van der Waals surface area contributed by atoms with Crippen LogP contribution in [0.5, 0.6) is 0 Å². The van der Waals surface area contributed by atoms with Gasteiger partial charge in [-0.15, -0.1) is 0 Å². The molecule has 0 saturated heterocycles. The zero-order valence-electron chi connectivity index (χ0n) is 11.8. The predicted molar refractivity (Wildman–Crippen MR) is 77.7 cm³/mol. The number of carboxylic acids is 1. The third kappa shape index (κ3) is 7.71. The van der Waals surface area contributed by atoms with Crippen LogP contribution in [-0.2, 0) is 20.8 Å². The van der Waals surface area contributed by atoms with Crippen LogP contribution < -0.4 is 10.6 Å². The Kier molecular flexibility index (Phi) is 7.56. The highest BCUT2D eigenvalue weighted by atomic mass is 16.4. The maximum Gasteiger partial charge on any atom is 0.394 e. The van der Waals surface area contributed by atoms with E-state index < -0.39 is 11.9 Å². The second-order valence-electron chi connectivity index (χ2n) is 4.60. The van der Waals surface area contributed by atoms with Crippen LogP contribution in [0, 0.1) is 0 Å². The van der Waals surface area contributed by atoms with Crippen molar-refractivity contribution < 1.29 is 19.5 Å². The van der Waals surface area contributed by atoms with Gasteiger partial charge in [0.2, 0.25) is 5.91 Å². The Labute approximate surface area is 123 Å². The Morgan fingerprint density at radius 2 is 1.62 bits per heavy atom. The first-order chi connectivity index (χ1) is 10.1. The van der Waals surface area contributed by atoms with E-state index in [1.807, 2.05) is 30.3 Å². The summed E-state index contributed by atoms with van der Waals surface area (Å²) in [5, 5.41) is 13.3. The molecule has 0 aliphatic heterocycles. The first-order valence-electron chi connectivity index (χ1n) is 6.91. The summed E-state index contributed by atoms with van der Waals surface area (Å²) in [5.74, 6) is -2.65. The summed E-state index contributed by atoms with van der Waals surface area (Å²) in [4.78, 5) is 32.4. The smallest absolute Gasteiger partial charge is 0.394 e. The van der Waals surface area contributed by atoms with E-state index in [0.717, 1.165) is 12.8 Å². The first-order valence-corrected chi connectivity index (χ1v) is 6.91. The fourth-order valence-electron chi connectivity index (χ4n) is 1.78. The summed E-state index contributed by atoms with van der Waals surface area (Å²) in [6.07, 6.45) is 2.47. The number of hydrogen-bond donors (Lipinski definition) is 3. The molecule has 0 fully saturated rings. The molecule has 0 saturated carbocycles. The number of aryl methyl sites for hydroxylation is 1. The molecule has 0 atom stereocenters. The van der Waals surface area contributed by atoms with Crippen molar-refractivity contribution in [2.45, 2.75) is 25.7 Å². The molecule has 1 rings (SSSR count). The largest absolute Gasteiger partial charge is 0.474 e. The summed E-state index contributed by atoms with van der Waals surface area (Å²) >= 11 is 0. The van der Waals surface area contributed by atoms with Crippen LogP contribution in [0.3, 0.4) is 0 Å². The zero-order chi connectivity index (χ0) is 15.5. The van der Waals surface area contributed by atoms with Crippen LogP contribution in [0.15, 0.2) is 30.3 Å². The van der Waals surface area contributed by atoms with Gasteiger partial charge in [-0.05, 0) is 24.8 Å². The normalized spacial score (nSPS) is 9.90. The van der Waals surface area contributed by atoms with Gasteiger partial charge in [0.05, 0.1) is 0 Å². The maximum absolute atomic E-state index is 11.5. The van der Waals surface area contributed by atoms with Crippen molar-refractivity contribution in [1.29, 1.82) is 0 Å². The average Bonchev–Trinajstić information content (AvgIpc) is 2.49. The minimum Gasteiger partial charge on any atom is -0.474 e. The summed E-state index contributed by atoms with van der Waals surface area (Å²) < 4.78 is 0. The van der Waals surface area contributed by atoms with E-state index in [0.29, 0.717) is 13.0 Å². The van der Waals surface area contributed by atoms with Gasteiger partial charge in [0.15, 0.2) is 0 Å². The van der Waals surface area contributed by atoms with E-state index in [9.17, 15) is 14.4 Å². The number of hydrogen-bond acceptors (Lipinski definition) is 3. The fourth-order valence-corrected chi connectivity index (χ4v) is 1.78. The zero-order valence-corrected chi connectivity index (χ0v) is 11.8. The highest BCUT2D eigenvalue weighted by Gasteiger charge is 2.09. The third-order valence-electron chi connectivity index (χ3n) is 2.87. The third-order valence-corrected chi connectivity index (χ3v) is 2.87. The fraction of sp³-hybridized carbons (Fsp3) is 0.400. The van der Waals surface area contributed by atoms with Gasteiger partial charge in [-0.25, -0.2) is 4.79 Å². The molecule has 1 aromatic rings. The molecule has 0 bridgehead atoms. The molecule has 0 unspecified atom stereocenters. The number of carbonyl (C=O) groups is 3. The lowest BCUT2D eigenvalue weighted by atomic mass is 10.1. The van der Waals surface area contributed by atoms with Crippen LogP contribution in [0.1, 0.15) is 24.8 Å². The van der Waals surface area contributed by atoms with Gasteiger partial charge in [0, 0.05) is 19.5 Å². The molecule has 6 heteroatoms. The molecule has 0 aliphatic rings. The molecule has 0 radical (unpaired) electrons. The van der Waals surface area contributed by atoms with Gasteiger partial charge in [-0.1, -0.05) is 30.3 Å². The number of aliphatic carboxylic acids is 1. The molecular formula is C15H20N2O4. The Morgan fingerprint density at radius 3 is 2.29 bits per heavy atom. The van der Waals surface area contributed by atoms with Crippen LogP contribution in [-0.4, -0.2) is 36.0 Å². The lowest BCUT2D eigenvalue weighted by molar-refractivity contribution is -0.150. The molecular weight excluding hydrogens is 272 g/mol. The van der Waals surface area contributed by atoms with Gasteiger partial charge in [0.25, 0.3) is 0 Å². The quantitative estimate of drug-likeness (QED) is 0.486. The lowest BCUT2D eigenvalue weighted by Gasteiger charge is -2.06. The minimum atomic E-state index is -1.51. The standard InChI is InChI=1S/C15H20N2O4/c18-13(9-5-11-17-14(19)15(20)21)16-10-4-8-12-6-2-1-3-7-12/h1-3,6-7H,4-5,8-11H2,(H,16,18)(H,17,19)(H,20,21). The van der Waals surface area contributed by atoms with E-state index in [4.69, 9.17) is 5.11 Å². The minimum absolute atomic E-state index is 0.0902. The number of rotatable bonds is 8. The molecule has 0 aromatic heterocycles. The second kappa shape index (κ2) is 9.52. The van der Waals surface area contributed by atoms with Gasteiger partial charge >= 0.3 is 11.9 Å². The van der Waals surface area contributed by atoms with E-state index in [-0.39, 0.29) is 18.9 Å². The van der Waals surface area contributed by atoms with Crippen molar-refractivity contribution in [1.82, 2.24) is 10.6 Å². The lowest BCUT2D eigenvalue weighted by Crippen LogP contribution is -2.32. The number of nitrogens with one attached hydrogen (secondary N) is 2. The Balaban J connectivity index is 2.01. The number of benzene rings is 1. The highest BCUT2D eigenvalue weighted by molar-refractivity contribution is 6.31. The molecule has 2 amide bonds. The van der Waals surface area contributed by atoms with Gasteiger partial charge in [-0.3, -0.25) is 9.59 Å². The molecule has 114 valence electrons. The van der Waals surface area contributed by atoms with Gasteiger partial charge in [-0.2, -0.15) is 0 Å². The van der Waals surface area contributed by atoms with Crippen molar-refractivity contribution in [2.75, 3.05) is 13.1 Å². The number of carboxylic acid groups (broad SMARTS) is 1. The van der Waals surface area contributed by atoms with Crippen molar-refractivity contribution in [3.63, 3.8) is 0 Å². The molecule has 0 aliphatic carbocycles. The Bertz CT molecular complexity index is 474. The van der Waals surface area contributed by atoms with Crippen LogP contribution in [0.4, 0.5) is 0 Å². The highest BCUT2D eigenvalue weighted by Crippen LogP contribution is 2.01. The van der Waals surface area contributed by atoms with Crippen LogP contribution in [0.25, 0.3) is 0 Å². The van der Waals surface area contributed by atoms with Crippen molar-refractivity contribution in [3.05, 3.63) is 35.9 Å². The van der Waals surface area contributed by atoms with Gasteiger partial charge in [0.1, 0.15) is 0 Å². The number of amides is 2. The van der Waals surface area contributed by atoms with E-state index in [1.54, 1.807) is 0 Å². The van der Waals surface area contributed by atoms with Crippen LogP contribution >= 0.6 is 0 Å². The molecule has 0 spiro atoms. The summed E-state index contributed by atoms with van der Waals surface area (Å²) in [5.41, 5.74) is 1.24. The molecule has 1 aromatic carbocycles. The molecule has 21 heavy (non-hydrogen) atoms. The van der Waals surface area contributed by atoms with Crippen molar-refractivity contribution in [2.24, 2.45) is 0 Å². The SMILES string of the molecule is O=C(CCCNC(=O)C(=O)O)NCCCc1ccccc1. The van der Waals surface area contributed by atoms with Crippen molar-refractivity contribution in [3.8, 4) is 0 Å². The summed E-state index contributed by atoms with van der Waals surface area (Å²) in [6.45, 7) is 0.789. The Hall–Kier alpha value is -2.37. The van der Waals surface area contributed by atoms with Gasteiger partial charge < -0.3 is 15.7 Å². The van der Waals surface area contributed by atoms with Crippen LogP contribution in [0.2, 0.25) is 0 Å². The monoisotopic (exact) mass is 292 g/mol. The first kappa shape index (κ1) is 16.7. The maximum atomic E-state index is 11.5.